The van der Waals surface area contributed by atoms with E-state index in [1.54, 1.807) is 7.11 Å². The summed E-state index contributed by atoms with van der Waals surface area (Å²) in [4.78, 5) is 0. The van der Waals surface area contributed by atoms with Gasteiger partial charge in [0.25, 0.3) is 8.32 Å². The fourth-order valence-corrected chi connectivity index (χ4v) is 9.58. The molecule has 194 valence electrons. The van der Waals surface area contributed by atoms with Gasteiger partial charge in [-0.2, -0.15) is 0 Å². The van der Waals surface area contributed by atoms with Crippen molar-refractivity contribution in [2.45, 2.75) is 58.3 Å². The van der Waals surface area contributed by atoms with Gasteiger partial charge in [0, 0.05) is 13.2 Å². The summed E-state index contributed by atoms with van der Waals surface area (Å²) in [6, 6.07) is 29.4. The van der Waals surface area contributed by atoms with E-state index in [-0.39, 0.29) is 23.7 Å². The van der Waals surface area contributed by atoms with E-state index in [1.807, 2.05) is 24.3 Å². The number of rotatable bonds is 13. The number of aliphatic hydroxyl groups is 1. The highest BCUT2D eigenvalue weighted by atomic mass is 28.4. The van der Waals surface area contributed by atoms with E-state index in [2.05, 4.69) is 88.4 Å². The summed E-state index contributed by atoms with van der Waals surface area (Å²) < 4.78 is 18.6. The summed E-state index contributed by atoms with van der Waals surface area (Å²) in [6.07, 6.45) is 1.41. The zero-order valence-electron chi connectivity index (χ0n) is 22.4. The quantitative estimate of drug-likeness (QED) is 0.308. The third-order valence-electron chi connectivity index (χ3n) is 6.76. The Morgan fingerprint density at radius 2 is 1.39 bits per heavy atom. The molecule has 0 bridgehead atoms. The molecule has 3 aromatic rings. The van der Waals surface area contributed by atoms with E-state index in [0.29, 0.717) is 19.6 Å². The largest absolute Gasteiger partial charge is 0.497 e. The molecule has 36 heavy (non-hydrogen) atoms. The average Bonchev–Trinajstić information content (AvgIpc) is 2.88. The summed E-state index contributed by atoms with van der Waals surface area (Å²) in [5, 5.41) is 12.2. The van der Waals surface area contributed by atoms with Crippen LogP contribution in [0.3, 0.4) is 0 Å². The normalized spacial score (nSPS) is 13.8. The van der Waals surface area contributed by atoms with Gasteiger partial charge in [-0.1, -0.05) is 100 Å². The smallest absolute Gasteiger partial charge is 0.261 e. The second kappa shape index (κ2) is 13.2. The Kier molecular flexibility index (Phi) is 10.3. The van der Waals surface area contributed by atoms with Gasteiger partial charge in [0.15, 0.2) is 0 Å². The van der Waals surface area contributed by atoms with Crippen LogP contribution in [0.4, 0.5) is 0 Å². The molecule has 0 heterocycles. The molecule has 0 radical (unpaired) electrons. The molecule has 3 rings (SSSR count). The van der Waals surface area contributed by atoms with Gasteiger partial charge in [0.1, 0.15) is 5.75 Å². The van der Waals surface area contributed by atoms with Gasteiger partial charge in [-0.05, 0) is 51.9 Å². The predicted molar refractivity (Wildman–Crippen MR) is 151 cm³/mol. The first-order valence-electron chi connectivity index (χ1n) is 12.9. The van der Waals surface area contributed by atoms with Crippen molar-refractivity contribution >= 4 is 18.7 Å². The molecule has 0 saturated carbocycles. The standard InChI is InChI=1S/C31H42O4Si/c1-25(22-28(20-21-32)34-24-26-16-18-27(33-5)19-17-26)23-35-36(31(2,3)4,29-12-8-6-9-13-29)30-14-10-7-11-15-30/h6-19,25,28,32H,20-24H2,1-5H3/t25-,28-/m1/s1. The van der Waals surface area contributed by atoms with Crippen molar-refractivity contribution in [1.82, 2.24) is 0 Å². The first kappa shape index (κ1) is 28.1. The molecule has 0 saturated heterocycles. The number of methoxy groups -OCH3 is 1. The van der Waals surface area contributed by atoms with Crippen LogP contribution in [-0.2, 0) is 15.8 Å². The maximum Gasteiger partial charge on any atom is 0.261 e. The van der Waals surface area contributed by atoms with Crippen molar-refractivity contribution in [2.24, 2.45) is 5.92 Å². The minimum absolute atomic E-state index is 0.0325. The van der Waals surface area contributed by atoms with Crippen LogP contribution in [0.2, 0.25) is 5.04 Å². The molecule has 1 N–H and O–H groups in total. The monoisotopic (exact) mass is 506 g/mol. The summed E-state index contributed by atoms with van der Waals surface area (Å²) >= 11 is 0. The fraction of sp³-hybridized carbons (Fsp3) is 0.419. The predicted octanol–water partition coefficient (Wildman–Crippen LogP) is 5.57. The SMILES string of the molecule is COc1ccc(CO[C@H](CCO)C[C@@H](C)CO[Si](c2ccccc2)(c2ccccc2)C(C)(C)C)cc1. The molecule has 5 heteroatoms. The number of benzene rings is 3. The molecule has 0 spiro atoms. The summed E-state index contributed by atoms with van der Waals surface area (Å²) in [6.45, 7) is 10.4. The fourth-order valence-electron chi connectivity index (χ4n) is 4.89. The Morgan fingerprint density at radius 3 is 1.86 bits per heavy atom. The number of aliphatic hydroxyl groups excluding tert-OH is 1. The van der Waals surface area contributed by atoms with E-state index in [4.69, 9.17) is 13.9 Å². The Bertz CT molecular complexity index is 976. The van der Waals surface area contributed by atoms with Crippen LogP contribution in [0.25, 0.3) is 0 Å². The second-order valence-electron chi connectivity index (χ2n) is 10.6. The number of hydrogen-bond acceptors (Lipinski definition) is 4. The molecule has 0 amide bonds. The molecular formula is C31H42O4Si. The zero-order chi connectivity index (χ0) is 26.0. The van der Waals surface area contributed by atoms with Crippen LogP contribution in [-0.4, -0.2) is 39.9 Å². The van der Waals surface area contributed by atoms with Crippen LogP contribution in [0.5, 0.6) is 5.75 Å². The van der Waals surface area contributed by atoms with Gasteiger partial charge in [0.2, 0.25) is 0 Å². The highest BCUT2D eigenvalue weighted by Crippen LogP contribution is 2.37. The molecule has 0 aliphatic carbocycles. The van der Waals surface area contributed by atoms with Crippen LogP contribution >= 0.6 is 0 Å². The van der Waals surface area contributed by atoms with Gasteiger partial charge in [-0.25, -0.2) is 0 Å². The third kappa shape index (κ3) is 7.07. The molecule has 0 aromatic heterocycles. The molecule has 0 aliphatic rings. The summed E-state index contributed by atoms with van der Waals surface area (Å²) in [5.74, 6) is 1.11. The summed E-state index contributed by atoms with van der Waals surface area (Å²) in [7, 11) is -0.898. The first-order valence-corrected chi connectivity index (χ1v) is 14.8. The van der Waals surface area contributed by atoms with E-state index in [9.17, 15) is 5.11 Å². The summed E-state index contributed by atoms with van der Waals surface area (Å²) in [5.41, 5.74) is 1.09. The van der Waals surface area contributed by atoms with Crippen molar-refractivity contribution in [1.29, 1.82) is 0 Å². The van der Waals surface area contributed by atoms with Gasteiger partial charge >= 0.3 is 0 Å². The van der Waals surface area contributed by atoms with Crippen molar-refractivity contribution in [3.63, 3.8) is 0 Å². The van der Waals surface area contributed by atoms with E-state index < -0.39 is 8.32 Å². The second-order valence-corrected chi connectivity index (χ2v) is 14.9. The highest BCUT2D eigenvalue weighted by molar-refractivity contribution is 6.99. The Hall–Kier alpha value is -2.44. The molecule has 0 fully saturated rings. The van der Waals surface area contributed by atoms with E-state index >= 15 is 0 Å². The highest BCUT2D eigenvalue weighted by Gasteiger charge is 2.50. The minimum Gasteiger partial charge on any atom is -0.497 e. The third-order valence-corrected chi connectivity index (χ3v) is 11.8. The Labute approximate surface area is 218 Å². The first-order chi connectivity index (χ1) is 17.3. The maximum atomic E-state index is 9.66. The zero-order valence-corrected chi connectivity index (χ0v) is 23.4. The average molecular weight is 507 g/mol. The van der Waals surface area contributed by atoms with Crippen LogP contribution in [0.1, 0.15) is 46.1 Å². The van der Waals surface area contributed by atoms with Crippen LogP contribution < -0.4 is 15.1 Å². The molecule has 0 aliphatic heterocycles. The Morgan fingerprint density at radius 1 is 0.833 bits per heavy atom. The topological polar surface area (TPSA) is 47.9 Å². The molecular weight excluding hydrogens is 464 g/mol. The van der Waals surface area contributed by atoms with Crippen molar-refractivity contribution in [3.05, 3.63) is 90.5 Å². The maximum absolute atomic E-state index is 9.66. The number of ether oxygens (including phenoxy) is 2. The van der Waals surface area contributed by atoms with Crippen molar-refractivity contribution in [3.8, 4) is 5.75 Å². The lowest BCUT2D eigenvalue weighted by Crippen LogP contribution is -2.66. The van der Waals surface area contributed by atoms with Gasteiger partial charge < -0.3 is 19.0 Å². The minimum atomic E-state index is -2.56. The van der Waals surface area contributed by atoms with Gasteiger partial charge in [0.05, 0.1) is 19.8 Å². The van der Waals surface area contributed by atoms with Gasteiger partial charge in [-0.15, -0.1) is 0 Å². The number of hydrogen-bond donors (Lipinski definition) is 1. The lowest BCUT2D eigenvalue weighted by molar-refractivity contribution is 0.00603. The lowest BCUT2D eigenvalue weighted by Gasteiger charge is -2.43. The van der Waals surface area contributed by atoms with Crippen LogP contribution in [0.15, 0.2) is 84.9 Å². The lowest BCUT2D eigenvalue weighted by atomic mass is 10.0. The van der Waals surface area contributed by atoms with E-state index in [1.165, 1.54) is 10.4 Å². The van der Waals surface area contributed by atoms with Crippen molar-refractivity contribution in [2.75, 3.05) is 20.3 Å². The van der Waals surface area contributed by atoms with E-state index in [0.717, 1.165) is 17.7 Å². The molecule has 3 aromatic carbocycles. The van der Waals surface area contributed by atoms with Crippen molar-refractivity contribution < 1.29 is 19.0 Å². The molecule has 0 unspecified atom stereocenters. The Balaban J connectivity index is 1.74. The molecule has 4 nitrogen and oxygen atoms in total. The van der Waals surface area contributed by atoms with Gasteiger partial charge in [-0.3, -0.25) is 0 Å². The molecule has 2 atom stereocenters. The van der Waals surface area contributed by atoms with Crippen LogP contribution in [0, 0.1) is 5.92 Å².